The number of nitrogens with zero attached hydrogens (tertiary/aromatic N) is 2. The van der Waals surface area contributed by atoms with E-state index in [1.165, 1.54) is 11.8 Å². The maximum absolute atomic E-state index is 11.1. The summed E-state index contributed by atoms with van der Waals surface area (Å²) in [6.45, 7) is 5.38. The van der Waals surface area contributed by atoms with Crippen LogP contribution in [0.4, 0.5) is 0 Å². The van der Waals surface area contributed by atoms with Crippen LogP contribution < -0.4 is 0 Å². The zero-order chi connectivity index (χ0) is 12.1. The minimum absolute atomic E-state index is 0.208. The SMILES string of the molecule is C/C=C/CSc1nc(C)nc(C)c1C(=O)O. The van der Waals surface area contributed by atoms with Crippen molar-refractivity contribution in [1.82, 2.24) is 9.97 Å². The van der Waals surface area contributed by atoms with Gasteiger partial charge in [-0.15, -0.1) is 11.8 Å². The van der Waals surface area contributed by atoms with E-state index in [0.29, 0.717) is 22.3 Å². The fraction of sp³-hybridized carbons (Fsp3) is 0.364. The third-order valence-electron chi connectivity index (χ3n) is 1.93. The molecule has 0 fully saturated rings. The average molecular weight is 238 g/mol. The fourth-order valence-corrected chi connectivity index (χ4v) is 2.28. The van der Waals surface area contributed by atoms with Crippen molar-refractivity contribution in [3.63, 3.8) is 0 Å². The van der Waals surface area contributed by atoms with E-state index >= 15 is 0 Å². The second-order valence-corrected chi connectivity index (χ2v) is 4.23. The average Bonchev–Trinajstić information content (AvgIpc) is 2.16. The summed E-state index contributed by atoms with van der Waals surface area (Å²) in [7, 11) is 0. The second-order valence-electron chi connectivity index (χ2n) is 3.22. The number of aryl methyl sites for hydroxylation is 2. The van der Waals surface area contributed by atoms with Crippen LogP contribution in [0.2, 0.25) is 0 Å². The number of allylic oxidation sites excluding steroid dienone is 1. The molecule has 0 amide bonds. The van der Waals surface area contributed by atoms with E-state index in [1.807, 2.05) is 19.1 Å². The highest BCUT2D eigenvalue weighted by atomic mass is 32.2. The molecule has 1 aromatic heterocycles. The van der Waals surface area contributed by atoms with Crippen LogP contribution in [-0.2, 0) is 0 Å². The highest BCUT2D eigenvalue weighted by molar-refractivity contribution is 7.99. The van der Waals surface area contributed by atoms with Crippen LogP contribution in [0.3, 0.4) is 0 Å². The number of carboxylic acid groups (broad SMARTS) is 1. The normalized spacial score (nSPS) is 10.9. The maximum Gasteiger partial charge on any atom is 0.340 e. The molecule has 0 aliphatic carbocycles. The van der Waals surface area contributed by atoms with Gasteiger partial charge < -0.3 is 5.11 Å². The number of carboxylic acids is 1. The highest BCUT2D eigenvalue weighted by Gasteiger charge is 2.16. The molecule has 1 N–H and O–H groups in total. The molecule has 1 heterocycles. The van der Waals surface area contributed by atoms with Crippen molar-refractivity contribution in [3.05, 3.63) is 29.2 Å². The Morgan fingerprint density at radius 1 is 1.44 bits per heavy atom. The molecule has 4 nitrogen and oxygen atoms in total. The first-order chi connectivity index (χ1) is 7.56. The lowest BCUT2D eigenvalue weighted by molar-refractivity contribution is 0.0690. The summed E-state index contributed by atoms with van der Waals surface area (Å²) in [4.78, 5) is 19.3. The van der Waals surface area contributed by atoms with Gasteiger partial charge in [-0.1, -0.05) is 12.2 Å². The van der Waals surface area contributed by atoms with Gasteiger partial charge in [0, 0.05) is 5.75 Å². The topological polar surface area (TPSA) is 63.1 Å². The van der Waals surface area contributed by atoms with E-state index in [1.54, 1.807) is 13.8 Å². The van der Waals surface area contributed by atoms with E-state index in [4.69, 9.17) is 5.11 Å². The molecule has 1 aromatic rings. The third kappa shape index (κ3) is 3.06. The molecule has 0 saturated heterocycles. The van der Waals surface area contributed by atoms with Crippen molar-refractivity contribution in [3.8, 4) is 0 Å². The van der Waals surface area contributed by atoms with Gasteiger partial charge in [0.1, 0.15) is 16.4 Å². The minimum atomic E-state index is -0.972. The summed E-state index contributed by atoms with van der Waals surface area (Å²) >= 11 is 1.41. The summed E-state index contributed by atoms with van der Waals surface area (Å²) < 4.78 is 0. The monoisotopic (exact) mass is 238 g/mol. The van der Waals surface area contributed by atoms with Crippen LogP contribution in [0.15, 0.2) is 17.2 Å². The Balaban J connectivity index is 3.08. The molecule has 0 bridgehead atoms. The summed E-state index contributed by atoms with van der Waals surface area (Å²) in [6.07, 6.45) is 3.89. The number of aromatic carboxylic acids is 1. The Hall–Kier alpha value is -1.36. The zero-order valence-electron chi connectivity index (χ0n) is 9.52. The lowest BCUT2D eigenvalue weighted by Gasteiger charge is -2.07. The van der Waals surface area contributed by atoms with Crippen LogP contribution >= 0.6 is 11.8 Å². The van der Waals surface area contributed by atoms with Gasteiger partial charge in [-0.05, 0) is 20.8 Å². The van der Waals surface area contributed by atoms with Crippen molar-refractivity contribution >= 4 is 17.7 Å². The number of carbonyl (C=O) groups is 1. The Morgan fingerprint density at radius 2 is 2.12 bits per heavy atom. The number of rotatable bonds is 4. The lowest BCUT2D eigenvalue weighted by atomic mass is 10.2. The molecule has 0 radical (unpaired) electrons. The van der Waals surface area contributed by atoms with Crippen LogP contribution in [0, 0.1) is 13.8 Å². The van der Waals surface area contributed by atoms with Crippen molar-refractivity contribution in [2.24, 2.45) is 0 Å². The maximum atomic E-state index is 11.1. The molecule has 0 aromatic carbocycles. The molecule has 0 aliphatic heterocycles. The quantitative estimate of drug-likeness (QED) is 0.496. The van der Waals surface area contributed by atoms with Crippen LogP contribution in [0.1, 0.15) is 28.8 Å². The molecule has 0 atom stereocenters. The molecular formula is C11H14N2O2S. The van der Waals surface area contributed by atoms with Gasteiger partial charge in [-0.2, -0.15) is 0 Å². The van der Waals surface area contributed by atoms with Gasteiger partial charge in [0.2, 0.25) is 0 Å². The van der Waals surface area contributed by atoms with E-state index in [2.05, 4.69) is 9.97 Å². The van der Waals surface area contributed by atoms with Crippen molar-refractivity contribution < 1.29 is 9.90 Å². The van der Waals surface area contributed by atoms with Crippen LogP contribution in [0.25, 0.3) is 0 Å². The summed E-state index contributed by atoms with van der Waals surface area (Å²) in [6, 6.07) is 0. The Labute approximate surface area is 98.8 Å². The summed E-state index contributed by atoms with van der Waals surface area (Å²) in [5, 5.41) is 9.62. The van der Waals surface area contributed by atoms with E-state index in [0.717, 1.165) is 0 Å². The zero-order valence-corrected chi connectivity index (χ0v) is 10.3. The third-order valence-corrected chi connectivity index (χ3v) is 2.86. The first-order valence-corrected chi connectivity index (χ1v) is 5.87. The first-order valence-electron chi connectivity index (χ1n) is 4.88. The molecule has 0 unspecified atom stereocenters. The number of aromatic nitrogens is 2. The minimum Gasteiger partial charge on any atom is -0.478 e. The first kappa shape index (κ1) is 12.7. The van der Waals surface area contributed by atoms with Gasteiger partial charge >= 0.3 is 5.97 Å². The van der Waals surface area contributed by atoms with Gasteiger partial charge in [-0.25, -0.2) is 14.8 Å². The number of hydrogen-bond acceptors (Lipinski definition) is 4. The van der Waals surface area contributed by atoms with E-state index in [9.17, 15) is 4.79 Å². The Morgan fingerprint density at radius 3 is 2.69 bits per heavy atom. The smallest absolute Gasteiger partial charge is 0.340 e. The predicted molar refractivity (Wildman–Crippen MR) is 64.0 cm³/mol. The molecule has 86 valence electrons. The van der Waals surface area contributed by atoms with E-state index < -0.39 is 5.97 Å². The number of thioether (sulfide) groups is 1. The van der Waals surface area contributed by atoms with Gasteiger partial charge in [0.15, 0.2) is 0 Å². The molecule has 5 heteroatoms. The summed E-state index contributed by atoms with van der Waals surface area (Å²) in [5.74, 6) is 0.345. The predicted octanol–water partition coefficient (Wildman–Crippen LogP) is 2.46. The molecule has 0 aliphatic rings. The van der Waals surface area contributed by atoms with Gasteiger partial charge in [0.05, 0.1) is 5.69 Å². The molecule has 1 rings (SSSR count). The van der Waals surface area contributed by atoms with Crippen molar-refractivity contribution in [2.45, 2.75) is 25.8 Å². The largest absolute Gasteiger partial charge is 0.478 e. The van der Waals surface area contributed by atoms with Crippen LogP contribution in [-0.4, -0.2) is 26.8 Å². The highest BCUT2D eigenvalue weighted by Crippen LogP contribution is 2.22. The van der Waals surface area contributed by atoms with Crippen LogP contribution in [0.5, 0.6) is 0 Å². The van der Waals surface area contributed by atoms with Crippen molar-refractivity contribution in [1.29, 1.82) is 0 Å². The number of hydrogen-bond donors (Lipinski definition) is 1. The van der Waals surface area contributed by atoms with E-state index in [-0.39, 0.29) is 5.56 Å². The standard InChI is InChI=1S/C11H14N2O2S/c1-4-5-6-16-10-9(11(14)15)7(2)12-8(3)13-10/h4-5H,6H2,1-3H3,(H,14,15)/b5-4+. The van der Waals surface area contributed by atoms with Gasteiger partial charge in [0.25, 0.3) is 0 Å². The second kappa shape index (κ2) is 5.65. The summed E-state index contributed by atoms with van der Waals surface area (Å²) in [5.41, 5.74) is 0.725. The van der Waals surface area contributed by atoms with Crippen molar-refractivity contribution in [2.75, 3.05) is 5.75 Å². The van der Waals surface area contributed by atoms with Gasteiger partial charge in [-0.3, -0.25) is 0 Å². The fourth-order valence-electron chi connectivity index (χ4n) is 1.26. The Bertz CT molecular complexity index is 430. The molecule has 0 saturated carbocycles. The molecular weight excluding hydrogens is 224 g/mol. The molecule has 0 spiro atoms. The molecule has 16 heavy (non-hydrogen) atoms. The lowest BCUT2D eigenvalue weighted by Crippen LogP contribution is -2.08. The Kier molecular flexibility index (Phi) is 4.49.